The van der Waals surface area contributed by atoms with Gasteiger partial charge < -0.3 is 19.9 Å². The van der Waals surface area contributed by atoms with Crippen molar-refractivity contribution in [2.45, 2.75) is 64.4 Å². The van der Waals surface area contributed by atoms with Crippen LogP contribution in [0.3, 0.4) is 0 Å². The topological polar surface area (TPSA) is 84.9 Å². The molecule has 1 aliphatic heterocycles. The maximum Gasteiger partial charge on any atom is 0.408 e. The molecule has 1 fully saturated rings. The van der Waals surface area contributed by atoms with Gasteiger partial charge >= 0.3 is 12.1 Å². The monoisotopic (exact) mass is 319 g/mol. The summed E-state index contributed by atoms with van der Waals surface area (Å²) in [6, 6.07) is -0.955. The Kier molecular flexibility index (Phi) is 6.80. The standard InChI is InChI=1S/C14H25NO5S/c1-9-5-6-10(19-9)7-21-8-11(12(16)17)15-13(18)20-14(2,3)4/h9-11H,5-8H2,1-4H3,(H,15,18)(H,16,17). The van der Waals surface area contributed by atoms with Crippen molar-refractivity contribution >= 4 is 23.8 Å². The van der Waals surface area contributed by atoms with Gasteiger partial charge in [0, 0.05) is 11.5 Å². The number of amides is 1. The molecule has 0 saturated carbocycles. The summed E-state index contributed by atoms with van der Waals surface area (Å²) >= 11 is 1.47. The molecule has 1 amide bonds. The first-order valence-electron chi connectivity index (χ1n) is 7.13. The smallest absolute Gasteiger partial charge is 0.408 e. The van der Waals surface area contributed by atoms with Crippen LogP contribution in [0.1, 0.15) is 40.5 Å². The van der Waals surface area contributed by atoms with Crippen LogP contribution in [0.15, 0.2) is 0 Å². The van der Waals surface area contributed by atoms with Crippen LogP contribution < -0.4 is 5.32 Å². The number of aliphatic carboxylic acids is 1. The van der Waals surface area contributed by atoms with Gasteiger partial charge in [-0.1, -0.05) is 0 Å². The quantitative estimate of drug-likeness (QED) is 0.781. The van der Waals surface area contributed by atoms with Crippen LogP contribution in [-0.4, -0.2) is 52.5 Å². The Morgan fingerprint density at radius 1 is 1.43 bits per heavy atom. The highest BCUT2D eigenvalue weighted by molar-refractivity contribution is 7.99. The number of rotatable bonds is 6. The molecule has 0 radical (unpaired) electrons. The number of alkyl carbamates (subject to hydrolysis) is 1. The van der Waals surface area contributed by atoms with Crippen molar-refractivity contribution in [1.29, 1.82) is 0 Å². The van der Waals surface area contributed by atoms with Gasteiger partial charge in [-0.25, -0.2) is 9.59 Å². The van der Waals surface area contributed by atoms with E-state index < -0.39 is 23.7 Å². The summed E-state index contributed by atoms with van der Waals surface area (Å²) in [5.41, 5.74) is -0.645. The number of carboxylic acid groups (broad SMARTS) is 1. The summed E-state index contributed by atoms with van der Waals surface area (Å²) < 4.78 is 10.7. The number of carboxylic acids is 1. The molecule has 0 aromatic rings. The Morgan fingerprint density at radius 3 is 2.57 bits per heavy atom. The average Bonchev–Trinajstić information content (AvgIpc) is 2.71. The van der Waals surface area contributed by atoms with E-state index in [0.717, 1.165) is 18.6 Å². The molecule has 0 aliphatic carbocycles. The summed E-state index contributed by atoms with van der Waals surface area (Å²) in [7, 11) is 0. The number of hydrogen-bond donors (Lipinski definition) is 2. The van der Waals surface area contributed by atoms with E-state index in [0.29, 0.717) is 5.75 Å². The lowest BCUT2D eigenvalue weighted by molar-refractivity contribution is -0.138. The first-order chi connectivity index (χ1) is 9.67. The molecular weight excluding hydrogens is 294 g/mol. The van der Waals surface area contributed by atoms with E-state index >= 15 is 0 Å². The fourth-order valence-corrected chi connectivity index (χ4v) is 3.06. The molecule has 1 heterocycles. The lowest BCUT2D eigenvalue weighted by Gasteiger charge is -2.22. The van der Waals surface area contributed by atoms with Gasteiger partial charge in [0.2, 0.25) is 0 Å². The lowest BCUT2D eigenvalue weighted by Crippen LogP contribution is -2.45. The van der Waals surface area contributed by atoms with Crippen LogP contribution >= 0.6 is 11.8 Å². The van der Waals surface area contributed by atoms with Crippen LogP contribution in [0.5, 0.6) is 0 Å². The molecule has 2 N–H and O–H groups in total. The maximum atomic E-state index is 11.6. The van der Waals surface area contributed by atoms with Crippen molar-refractivity contribution in [2.24, 2.45) is 0 Å². The second-order valence-corrected chi connectivity index (χ2v) is 7.30. The van der Waals surface area contributed by atoms with Gasteiger partial charge in [0.15, 0.2) is 0 Å². The molecule has 1 saturated heterocycles. The number of carbonyl (C=O) groups excluding carboxylic acids is 1. The summed E-state index contributed by atoms with van der Waals surface area (Å²) in [6.07, 6.45) is 1.81. The molecule has 6 nitrogen and oxygen atoms in total. The van der Waals surface area contributed by atoms with Gasteiger partial charge in [-0.2, -0.15) is 11.8 Å². The Hall–Kier alpha value is -0.950. The van der Waals surface area contributed by atoms with Crippen molar-refractivity contribution in [3.8, 4) is 0 Å². The van der Waals surface area contributed by atoms with Crippen LogP contribution in [0.2, 0.25) is 0 Å². The van der Waals surface area contributed by atoms with Crippen LogP contribution in [0.4, 0.5) is 4.79 Å². The highest BCUT2D eigenvalue weighted by Crippen LogP contribution is 2.22. The third-order valence-electron chi connectivity index (χ3n) is 2.90. The minimum Gasteiger partial charge on any atom is -0.480 e. The summed E-state index contributed by atoms with van der Waals surface area (Å²) in [6.45, 7) is 7.23. The van der Waals surface area contributed by atoms with Gasteiger partial charge in [-0.15, -0.1) is 0 Å². The highest BCUT2D eigenvalue weighted by Gasteiger charge is 2.26. The molecule has 1 rings (SSSR count). The fraction of sp³-hybridized carbons (Fsp3) is 0.857. The van der Waals surface area contributed by atoms with Gasteiger partial charge in [-0.05, 0) is 40.5 Å². The molecule has 1 aliphatic rings. The molecule has 0 spiro atoms. The van der Waals surface area contributed by atoms with Crippen LogP contribution in [0.25, 0.3) is 0 Å². The molecule has 3 atom stereocenters. The molecule has 0 aromatic carbocycles. The van der Waals surface area contributed by atoms with E-state index in [9.17, 15) is 9.59 Å². The number of ether oxygens (including phenoxy) is 2. The van der Waals surface area contributed by atoms with Gasteiger partial charge in [-0.3, -0.25) is 0 Å². The van der Waals surface area contributed by atoms with Crippen molar-refractivity contribution in [3.63, 3.8) is 0 Å². The number of nitrogens with one attached hydrogen (secondary N) is 1. The van der Waals surface area contributed by atoms with Gasteiger partial charge in [0.05, 0.1) is 12.2 Å². The average molecular weight is 319 g/mol. The fourth-order valence-electron chi connectivity index (χ4n) is 1.95. The minimum absolute atomic E-state index is 0.181. The predicted octanol–water partition coefficient (Wildman–Crippen LogP) is 2.26. The molecule has 0 bridgehead atoms. The normalized spacial score (nSPS) is 23.6. The van der Waals surface area contributed by atoms with Gasteiger partial charge in [0.1, 0.15) is 11.6 Å². The SMILES string of the molecule is CC1CCC(CSCC(NC(=O)OC(C)(C)C)C(=O)O)O1. The second-order valence-electron chi connectivity index (χ2n) is 6.22. The van der Waals surface area contributed by atoms with Gasteiger partial charge in [0.25, 0.3) is 0 Å². The highest BCUT2D eigenvalue weighted by atomic mass is 32.2. The van der Waals surface area contributed by atoms with Crippen molar-refractivity contribution in [2.75, 3.05) is 11.5 Å². The number of thioether (sulfide) groups is 1. The van der Waals surface area contributed by atoms with Crippen molar-refractivity contribution < 1.29 is 24.2 Å². The van der Waals surface area contributed by atoms with E-state index in [1.165, 1.54) is 11.8 Å². The molecule has 3 unspecified atom stereocenters. The Bertz CT molecular complexity index is 369. The van der Waals surface area contributed by atoms with E-state index in [-0.39, 0.29) is 12.2 Å². The van der Waals surface area contributed by atoms with E-state index in [4.69, 9.17) is 14.6 Å². The van der Waals surface area contributed by atoms with Crippen molar-refractivity contribution in [1.82, 2.24) is 5.32 Å². The molecular formula is C14H25NO5S. The predicted molar refractivity (Wildman–Crippen MR) is 81.7 cm³/mol. The van der Waals surface area contributed by atoms with Crippen LogP contribution in [0, 0.1) is 0 Å². The lowest BCUT2D eigenvalue weighted by atomic mass is 10.2. The Morgan fingerprint density at radius 2 is 2.10 bits per heavy atom. The van der Waals surface area contributed by atoms with Crippen LogP contribution in [-0.2, 0) is 14.3 Å². The van der Waals surface area contributed by atoms with Crippen molar-refractivity contribution in [3.05, 3.63) is 0 Å². The van der Waals surface area contributed by atoms with E-state index in [1.54, 1.807) is 20.8 Å². The third kappa shape index (κ3) is 7.57. The summed E-state index contributed by atoms with van der Waals surface area (Å²) in [5.74, 6) is -0.0264. The second kappa shape index (κ2) is 7.89. The zero-order chi connectivity index (χ0) is 16.0. The first kappa shape index (κ1) is 18.1. The van der Waals surface area contributed by atoms with E-state index in [2.05, 4.69) is 5.32 Å². The number of carbonyl (C=O) groups is 2. The van der Waals surface area contributed by atoms with E-state index in [1.807, 2.05) is 6.92 Å². The largest absolute Gasteiger partial charge is 0.480 e. The minimum atomic E-state index is -1.06. The molecule has 7 heteroatoms. The molecule has 21 heavy (non-hydrogen) atoms. The number of hydrogen-bond acceptors (Lipinski definition) is 5. The molecule has 0 aromatic heterocycles. The third-order valence-corrected chi connectivity index (χ3v) is 4.07. The molecule has 122 valence electrons. The summed E-state index contributed by atoms with van der Waals surface area (Å²) in [4.78, 5) is 22.8. The maximum absolute atomic E-state index is 11.6. The zero-order valence-electron chi connectivity index (χ0n) is 13.0. The first-order valence-corrected chi connectivity index (χ1v) is 8.28. The summed E-state index contributed by atoms with van der Waals surface area (Å²) in [5, 5.41) is 11.5. The Labute approximate surface area is 129 Å². The Balaban J connectivity index is 2.33. The zero-order valence-corrected chi connectivity index (χ0v) is 13.9.